The van der Waals surface area contributed by atoms with Gasteiger partial charge in [-0.2, -0.15) is 0 Å². The van der Waals surface area contributed by atoms with E-state index in [0.29, 0.717) is 30.5 Å². The van der Waals surface area contributed by atoms with E-state index in [4.69, 9.17) is 4.74 Å². The van der Waals surface area contributed by atoms with Crippen LogP contribution in [0.25, 0.3) is 0 Å². The Morgan fingerprint density at radius 2 is 1.76 bits per heavy atom. The Morgan fingerprint density at radius 1 is 1.24 bits per heavy atom. The summed E-state index contributed by atoms with van der Waals surface area (Å²) in [7, 11) is 0. The number of carbonyl (C=O) groups is 2. The summed E-state index contributed by atoms with van der Waals surface area (Å²) >= 11 is 0. The maximum absolute atomic E-state index is 12.1. The van der Waals surface area contributed by atoms with Crippen molar-refractivity contribution in [1.82, 2.24) is 4.90 Å². The summed E-state index contributed by atoms with van der Waals surface area (Å²) in [5, 5.41) is 0. The molecule has 2 bridgehead atoms. The van der Waals surface area contributed by atoms with E-state index in [0.717, 1.165) is 0 Å². The molecule has 1 amide bonds. The van der Waals surface area contributed by atoms with Gasteiger partial charge >= 0.3 is 6.09 Å². The number of amides is 1. The summed E-state index contributed by atoms with van der Waals surface area (Å²) in [6, 6.07) is 0.252. The van der Waals surface area contributed by atoms with Crippen molar-refractivity contribution in [3.05, 3.63) is 0 Å². The van der Waals surface area contributed by atoms with Crippen molar-refractivity contribution in [2.24, 2.45) is 11.8 Å². The van der Waals surface area contributed by atoms with Crippen molar-refractivity contribution in [2.45, 2.75) is 57.7 Å². The minimum atomic E-state index is -0.456. The number of ether oxygens (including phenoxy) is 1. The van der Waals surface area contributed by atoms with Gasteiger partial charge < -0.3 is 9.64 Å². The van der Waals surface area contributed by atoms with Crippen molar-refractivity contribution < 1.29 is 14.3 Å². The summed E-state index contributed by atoms with van der Waals surface area (Å²) in [6.07, 6.45) is 2.04. The van der Waals surface area contributed by atoms with Gasteiger partial charge in [-0.1, -0.05) is 0 Å². The summed E-state index contributed by atoms with van der Waals surface area (Å²) in [6.45, 7) is 5.63. The number of rotatable bonds is 0. The zero-order valence-electron chi connectivity index (χ0n) is 10.6. The Balaban J connectivity index is 1.77. The van der Waals surface area contributed by atoms with E-state index in [2.05, 4.69) is 0 Å². The molecule has 1 saturated carbocycles. The molecule has 3 fully saturated rings. The van der Waals surface area contributed by atoms with Crippen LogP contribution in [0.2, 0.25) is 0 Å². The molecule has 3 aliphatic rings. The molecule has 2 saturated heterocycles. The minimum absolute atomic E-state index is 0.126. The Kier molecular flexibility index (Phi) is 2.11. The highest BCUT2D eigenvalue weighted by Crippen LogP contribution is 2.57. The Hall–Kier alpha value is -1.06. The highest BCUT2D eigenvalue weighted by atomic mass is 16.6. The van der Waals surface area contributed by atoms with Gasteiger partial charge in [0.1, 0.15) is 11.4 Å². The van der Waals surface area contributed by atoms with Crippen LogP contribution in [0.4, 0.5) is 4.79 Å². The van der Waals surface area contributed by atoms with Gasteiger partial charge in [0.25, 0.3) is 0 Å². The van der Waals surface area contributed by atoms with E-state index < -0.39 is 5.60 Å². The van der Waals surface area contributed by atoms with E-state index >= 15 is 0 Å². The molecule has 4 atom stereocenters. The average molecular weight is 237 g/mol. The normalized spacial score (nSPS) is 39.0. The second kappa shape index (κ2) is 3.24. The van der Waals surface area contributed by atoms with Crippen LogP contribution >= 0.6 is 0 Å². The van der Waals surface area contributed by atoms with Gasteiger partial charge in [0.05, 0.1) is 0 Å². The zero-order valence-corrected chi connectivity index (χ0v) is 10.6. The molecule has 1 unspecified atom stereocenters. The number of Topliss-reactive ketones (excluding diaryl/α,β-unsaturated/α-hetero) is 1. The smallest absolute Gasteiger partial charge is 0.410 e. The third kappa shape index (κ3) is 1.74. The lowest BCUT2D eigenvalue weighted by Gasteiger charge is -2.37. The first-order chi connectivity index (χ1) is 7.87. The van der Waals surface area contributed by atoms with Crippen LogP contribution in [-0.2, 0) is 9.53 Å². The summed E-state index contributed by atoms with van der Waals surface area (Å²) < 4.78 is 5.44. The summed E-state index contributed by atoms with van der Waals surface area (Å²) in [4.78, 5) is 25.6. The fourth-order valence-electron chi connectivity index (χ4n) is 3.41. The first-order valence-corrected chi connectivity index (χ1v) is 6.40. The highest BCUT2D eigenvalue weighted by Gasteiger charge is 2.63. The van der Waals surface area contributed by atoms with Crippen LogP contribution in [0.5, 0.6) is 0 Å². The SMILES string of the molecule is CC(C)(C)OC(=O)N1C2CC(=O)C[C@H]1[C@@H]1C[C@H]21. The molecule has 94 valence electrons. The lowest BCUT2D eigenvalue weighted by Crippen LogP contribution is -2.51. The molecule has 0 aromatic carbocycles. The van der Waals surface area contributed by atoms with Gasteiger partial charge in [-0.3, -0.25) is 4.79 Å². The number of hydrogen-bond donors (Lipinski definition) is 0. The fourth-order valence-corrected chi connectivity index (χ4v) is 3.41. The number of nitrogens with zero attached hydrogens (tertiary/aromatic N) is 1. The predicted octanol–water partition coefficient (Wildman–Crippen LogP) is 1.97. The number of fused-ring (bicyclic) bond motifs is 5. The standard InChI is InChI=1S/C13H19NO3/c1-13(2,3)17-12(16)14-10-4-7(15)5-11(14)9-6-8(9)10/h8-11H,4-6H2,1-3H3/t8-,9+,10+,11?/m1/s1. The van der Waals surface area contributed by atoms with Crippen molar-refractivity contribution >= 4 is 11.9 Å². The number of piperidine rings is 2. The number of hydrogen-bond acceptors (Lipinski definition) is 3. The molecule has 0 aromatic rings. The van der Waals surface area contributed by atoms with Crippen molar-refractivity contribution in [2.75, 3.05) is 0 Å². The number of carbonyl (C=O) groups excluding carboxylic acids is 2. The van der Waals surface area contributed by atoms with Gasteiger partial charge in [0.15, 0.2) is 0 Å². The van der Waals surface area contributed by atoms with Crippen molar-refractivity contribution in [1.29, 1.82) is 0 Å². The van der Waals surface area contributed by atoms with E-state index in [-0.39, 0.29) is 18.2 Å². The molecule has 0 aromatic heterocycles. The van der Waals surface area contributed by atoms with Crippen LogP contribution in [0.15, 0.2) is 0 Å². The van der Waals surface area contributed by atoms with Crippen LogP contribution in [0, 0.1) is 11.8 Å². The fraction of sp³-hybridized carbons (Fsp3) is 0.846. The van der Waals surface area contributed by atoms with Gasteiger partial charge in [0, 0.05) is 24.9 Å². The Morgan fingerprint density at radius 3 is 2.24 bits per heavy atom. The summed E-state index contributed by atoms with van der Waals surface area (Å²) in [5.41, 5.74) is -0.456. The molecule has 2 heterocycles. The lowest BCUT2D eigenvalue weighted by molar-refractivity contribution is -0.124. The molecule has 17 heavy (non-hydrogen) atoms. The van der Waals surface area contributed by atoms with Crippen molar-refractivity contribution in [3.63, 3.8) is 0 Å². The van der Waals surface area contributed by atoms with Crippen LogP contribution in [0.3, 0.4) is 0 Å². The lowest BCUT2D eigenvalue weighted by atomic mass is 9.97. The Bertz CT molecular complexity index is 365. The van der Waals surface area contributed by atoms with Gasteiger partial charge in [-0.25, -0.2) is 4.79 Å². The van der Waals surface area contributed by atoms with E-state index in [1.54, 1.807) is 0 Å². The molecule has 2 aliphatic heterocycles. The third-order valence-corrected chi connectivity index (χ3v) is 4.07. The molecule has 4 nitrogen and oxygen atoms in total. The highest BCUT2D eigenvalue weighted by molar-refractivity contribution is 5.84. The van der Waals surface area contributed by atoms with Gasteiger partial charge in [0.2, 0.25) is 0 Å². The molecule has 4 heteroatoms. The molecule has 0 N–H and O–H groups in total. The first kappa shape index (κ1) is 11.1. The molecule has 1 aliphatic carbocycles. The molecular formula is C13H19NO3. The Labute approximate surface area is 101 Å². The number of ketones is 1. The largest absolute Gasteiger partial charge is 0.444 e. The molecule has 3 rings (SSSR count). The summed E-state index contributed by atoms with van der Waals surface area (Å²) in [5.74, 6) is 1.45. The maximum Gasteiger partial charge on any atom is 0.410 e. The maximum atomic E-state index is 12.1. The monoisotopic (exact) mass is 237 g/mol. The molecule has 0 radical (unpaired) electrons. The second-order valence-electron chi connectivity index (χ2n) is 6.53. The van der Waals surface area contributed by atoms with Gasteiger partial charge in [-0.15, -0.1) is 0 Å². The van der Waals surface area contributed by atoms with Crippen molar-refractivity contribution in [3.8, 4) is 0 Å². The van der Waals surface area contributed by atoms with Crippen LogP contribution in [0.1, 0.15) is 40.0 Å². The average Bonchev–Trinajstić information content (AvgIpc) is 2.87. The first-order valence-electron chi connectivity index (χ1n) is 6.40. The third-order valence-electron chi connectivity index (χ3n) is 4.07. The predicted molar refractivity (Wildman–Crippen MR) is 61.5 cm³/mol. The van der Waals surface area contributed by atoms with E-state index in [1.165, 1.54) is 6.42 Å². The topological polar surface area (TPSA) is 46.6 Å². The molecular weight excluding hydrogens is 218 g/mol. The minimum Gasteiger partial charge on any atom is -0.444 e. The zero-order chi connectivity index (χ0) is 12.4. The van der Waals surface area contributed by atoms with E-state index in [9.17, 15) is 9.59 Å². The van der Waals surface area contributed by atoms with Crippen LogP contribution in [-0.4, -0.2) is 34.5 Å². The van der Waals surface area contributed by atoms with Crippen LogP contribution < -0.4 is 0 Å². The quantitative estimate of drug-likeness (QED) is 0.647. The van der Waals surface area contributed by atoms with E-state index in [1.807, 2.05) is 25.7 Å². The molecule has 0 spiro atoms. The second-order valence-corrected chi connectivity index (χ2v) is 6.53. The van der Waals surface area contributed by atoms with Gasteiger partial charge in [-0.05, 0) is 39.0 Å².